The highest BCUT2D eigenvalue weighted by atomic mass is 16.7. The van der Waals surface area contributed by atoms with E-state index in [0.717, 1.165) is 0 Å². The molecular weight excluding hydrogens is 468 g/mol. The van der Waals surface area contributed by atoms with E-state index in [4.69, 9.17) is 30.1 Å². The van der Waals surface area contributed by atoms with Crippen molar-refractivity contribution in [3.63, 3.8) is 0 Å². The van der Waals surface area contributed by atoms with Crippen LogP contribution in [0.1, 0.15) is 44.4 Å². The maximum Gasteiger partial charge on any atom is 0.341 e. The van der Waals surface area contributed by atoms with Gasteiger partial charge in [-0.3, -0.25) is 9.79 Å². The van der Waals surface area contributed by atoms with Crippen LogP contribution in [0.15, 0.2) is 26.3 Å². The van der Waals surface area contributed by atoms with Gasteiger partial charge in [0.15, 0.2) is 17.0 Å². The number of fused-ring (bicyclic) bond motifs is 2. The Labute approximate surface area is 208 Å². The number of phenols is 1. The maximum absolute atomic E-state index is 13.4. The number of rotatable bonds is 9. The molecule has 0 radical (unpaired) electrons. The van der Waals surface area contributed by atoms with Crippen molar-refractivity contribution in [2.24, 2.45) is 16.5 Å². The fourth-order valence-electron chi connectivity index (χ4n) is 4.73. The van der Waals surface area contributed by atoms with Gasteiger partial charge in [-0.05, 0) is 47.2 Å². The molecule has 1 aromatic heterocycles. The Balaban J connectivity index is 1.55. The fourth-order valence-corrected chi connectivity index (χ4v) is 4.73. The molecule has 3 unspecified atom stereocenters. The van der Waals surface area contributed by atoms with Crippen molar-refractivity contribution in [2.75, 3.05) is 20.1 Å². The zero-order valence-corrected chi connectivity index (χ0v) is 21.1. The molecular formula is C25H34N4O7. The number of ether oxygens (including phenoxy) is 3. The van der Waals surface area contributed by atoms with Crippen LogP contribution in [0.4, 0.5) is 0 Å². The van der Waals surface area contributed by atoms with E-state index in [0.29, 0.717) is 49.4 Å². The number of carbonyl (C=O) groups is 1. The second kappa shape index (κ2) is 9.62. The van der Waals surface area contributed by atoms with Gasteiger partial charge in [0.1, 0.15) is 39.9 Å². The van der Waals surface area contributed by atoms with Crippen molar-refractivity contribution in [1.82, 2.24) is 5.32 Å². The molecule has 0 saturated carbocycles. The maximum atomic E-state index is 13.4. The summed E-state index contributed by atoms with van der Waals surface area (Å²) in [6, 6.07) is 2.92. The first kappa shape index (κ1) is 25.8. The first-order valence-corrected chi connectivity index (χ1v) is 12.1. The number of benzene rings is 1. The van der Waals surface area contributed by atoms with Crippen LogP contribution in [-0.4, -0.2) is 60.6 Å². The molecule has 0 bridgehead atoms. The number of phenolic OH excluding ortho intramolecular Hbond substituents is 1. The molecule has 11 nitrogen and oxygen atoms in total. The molecule has 2 aliphatic rings. The second-order valence-corrected chi connectivity index (χ2v) is 9.90. The summed E-state index contributed by atoms with van der Waals surface area (Å²) in [7, 11) is 1.80. The molecule has 1 saturated heterocycles. The molecule has 1 aromatic carbocycles. The van der Waals surface area contributed by atoms with Gasteiger partial charge in [0.2, 0.25) is 0 Å². The Hall–Kier alpha value is -3.31. The second-order valence-electron chi connectivity index (χ2n) is 9.90. The number of aryl methyl sites for hydroxylation is 1. The zero-order chi connectivity index (χ0) is 26.3. The van der Waals surface area contributed by atoms with Crippen LogP contribution < -0.4 is 26.9 Å². The lowest BCUT2D eigenvalue weighted by molar-refractivity contribution is -0.167. The summed E-state index contributed by atoms with van der Waals surface area (Å²) < 4.78 is 23.7. The minimum absolute atomic E-state index is 0.0244. The number of aromatic hydroxyl groups is 1. The Morgan fingerprint density at radius 1 is 1.33 bits per heavy atom. The van der Waals surface area contributed by atoms with Gasteiger partial charge in [-0.2, -0.15) is 0 Å². The zero-order valence-electron chi connectivity index (χ0n) is 21.1. The molecule has 11 heteroatoms. The lowest BCUT2D eigenvalue weighted by Crippen LogP contribution is -2.50. The van der Waals surface area contributed by atoms with E-state index in [9.17, 15) is 14.7 Å². The van der Waals surface area contributed by atoms with Gasteiger partial charge in [0.25, 0.3) is 0 Å². The average Bonchev–Trinajstić information content (AvgIpc) is 3.49. The van der Waals surface area contributed by atoms with Crippen LogP contribution >= 0.6 is 0 Å². The topological polar surface area (TPSA) is 175 Å². The fraction of sp³-hybridized carbons (Fsp3) is 0.560. The van der Waals surface area contributed by atoms with Crippen molar-refractivity contribution in [2.45, 2.75) is 69.9 Å². The first-order chi connectivity index (χ1) is 17.0. The lowest BCUT2D eigenvalue weighted by atomic mass is 9.89. The van der Waals surface area contributed by atoms with E-state index in [2.05, 4.69) is 10.3 Å². The van der Waals surface area contributed by atoms with Gasteiger partial charge in [-0.1, -0.05) is 0 Å². The van der Waals surface area contributed by atoms with Crippen molar-refractivity contribution < 1.29 is 28.5 Å². The van der Waals surface area contributed by atoms with Crippen LogP contribution in [0.25, 0.3) is 11.0 Å². The van der Waals surface area contributed by atoms with Gasteiger partial charge in [0.05, 0.1) is 6.10 Å². The van der Waals surface area contributed by atoms with Gasteiger partial charge >= 0.3 is 5.97 Å². The Bertz CT molecular complexity index is 1250. The van der Waals surface area contributed by atoms with Gasteiger partial charge in [0, 0.05) is 37.1 Å². The molecule has 3 heterocycles. The number of nitrogens with zero attached hydrogens (tertiary/aromatic N) is 1. The number of guanidine groups is 1. The van der Waals surface area contributed by atoms with Crippen LogP contribution in [0.5, 0.6) is 11.5 Å². The molecule has 196 valence electrons. The van der Waals surface area contributed by atoms with E-state index >= 15 is 0 Å². The molecule has 3 atom stereocenters. The molecule has 6 N–H and O–H groups in total. The van der Waals surface area contributed by atoms with E-state index in [1.165, 1.54) is 6.07 Å². The Morgan fingerprint density at radius 2 is 2.08 bits per heavy atom. The Kier molecular flexibility index (Phi) is 6.89. The SMILES string of the molecule is CNCCC1(C(=O)OC2Cc3c(cc4oc(C)cc(=O)c4c3O)OC2(C)C)OC1CCCN=C(N)N. The molecule has 2 aromatic rings. The predicted octanol–water partition coefficient (Wildman–Crippen LogP) is 1.23. The third-order valence-electron chi connectivity index (χ3n) is 6.79. The average molecular weight is 503 g/mol. The molecule has 0 amide bonds. The summed E-state index contributed by atoms with van der Waals surface area (Å²) in [6.07, 6.45) is 0.835. The smallest absolute Gasteiger partial charge is 0.341 e. The minimum Gasteiger partial charge on any atom is -0.507 e. The van der Waals surface area contributed by atoms with Crippen molar-refractivity contribution in [3.8, 4) is 11.5 Å². The normalized spacial score (nSPS) is 24.0. The number of carbonyl (C=O) groups excluding carboxylic acids is 1. The summed E-state index contributed by atoms with van der Waals surface area (Å²) >= 11 is 0. The number of hydrogen-bond acceptors (Lipinski definition) is 9. The van der Waals surface area contributed by atoms with Gasteiger partial charge in [-0.25, -0.2) is 4.79 Å². The highest BCUT2D eigenvalue weighted by Gasteiger charge is 2.63. The molecule has 1 fully saturated rings. The third kappa shape index (κ3) is 4.85. The van der Waals surface area contributed by atoms with Crippen molar-refractivity contribution in [1.29, 1.82) is 0 Å². The highest BCUT2D eigenvalue weighted by Crippen LogP contribution is 2.46. The number of nitrogens with two attached hydrogens (primary N) is 2. The van der Waals surface area contributed by atoms with Gasteiger partial charge < -0.3 is 40.5 Å². The predicted molar refractivity (Wildman–Crippen MR) is 133 cm³/mol. The largest absolute Gasteiger partial charge is 0.507 e. The van der Waals surface area contributed by atoms with Crippen LogP contribution in [0.3, 0.4) is 0 Å². The standard InChI is InChI=1S/C25H34N4O7/c1-13-10-15(30)20-17(33-13)12-16-14(21(20)31)11-19(24(2,3)35-16)34-22(32)25(7-9-28-4)18(36-25)6-5-8-29-23(26)27/h10,12,18-19,28,31H,5-9,11H2,1-4H3,(H4,26,27,29). The first-order valence-electron chi connectivity index (χ1n) is 12.1. The van der Waals surface area contributed by atoms with E-state index in [1.807, 2.05) is 13.8 Å². The molecule has 0 spiro atoms. The summed E-state index contributed by atoms with van der Waals surface area (Å²) in [4.78, 5) is 29.9. The molecule has 2 aliphatic heterocycles. The number of nitrogens with one attached hydrogen (secondary N) is 1. The summed E-state index contributed by atoms with van der Waals surface area (Å²) in [5.74, 6) is 0.133. The molecule has 36 heavy (non-hydrogen) atoms. The van der Waals surface area contributed by atoms with E-state index < -0.39 is 23.3 Å². The monoisotopic (exact) mass is 502 g/mol. The molecule has 0 aliphatic carbocycles. The highest BCUT2D eigenvalue weighted by molar-refractivity contribution is 5.87. The molecule has 4 rings (SSSR count). The Morgan fingerprint density at radius 3 is 2.78 bits per heavy atom. The number of epoxide rings is 1. The quantitative estimate of drug-likeness (QED) is 0.128. The third-order valence-corrected chi connectivity index (χ3v) is 6.79. The van der Waals surface area contributed by atoms with Crippen LogP contribution in [-0.2, 0) is 20.7 Å². The van der Waals surface area contributed by atoms with Gasteiger partial charge in [-0.15, -0.1) is 0 Å². The number of hydrogen-bond donors (Lipinski definition) is 4. The minimum atomic E-state index is -1.07. The number of aliphatic imine (C=N–C) groups is 1. The number of esters is 1. The summed E-state index contributed by atoms with van der Waals surface area (Å²) in [6.45, 7) is 6.29. The lowest BCUT2D eigenvalue weighted by Gasteiger charge is -2.39. The summed E-state index contributed by atoms with van der Waals surface area (Å²) in [5, 5.41) is 14.1. The van der Waals surface area contributed by atoms with E-state index in [-0.39, 0.29) is 40.6 Å². The van der Waals surface area contributed by atoms with Crippen LogP contribution in [0, 0.1) is 6.92 Å². The van der Waals surface area contributed by atoms with Crippen LogP contribution in [0.2, 0.25) is 0 Å². The van der Waals surface area contributed by atoms with E-state index in [1.54, 1.807) is 20.0 Å². The summed E-state index contributed by atoms with van der Waals surface area (Å²) in [5.41, 5.74) is 9.05. The van der Waals surface area contributed by atoms with Crippen molar-refractivity contribution in [3.05, 3.63) is 33.7 Å². The van der Waals surface area contributed by atoms with Crippen molar-refractivity contribution >= 4 is 22.9 Å².